The van der Waals surface area contributed by atoms with Gasteiger partial charge >= 0.3 is 0 Å². The van der Waals surface area contributed by atoms with Crippen LogP contribution in [0, 0.1) is 17.2 Å². The van der Waals surface area contributed by atoms with E-state index in [9.17, 15) is 0 Å². The van der Waals surface area contributed by atoms with Gasteiger partial charge in [-0.1, -0.05) is 12.1 Å². The second-order valence-corrected chi connectivity index (χ2v) is 6.37. The summed E-state index contributed by atoms with van der Waals surface area (Å²) in [5.74, 6) is 1.42. The highest BCUT2D eigenvalue weighted by atomic mass is 15.3. The van der Waals surface area contributed by atoms with Gasteiger partial charge in [-0.3, -0.25) is 0 Å². The van der Waals surface area contributed by atoms with Crippen molar-refractivity contribution in [3.05, 3.63) is 53.9 Å². The minimum absolute atomic E-state index is 0.238. The van der Waals surface area contributed by atoms with Crippen LogP contribution >= 0.6 is 0 Å². The fourth-order valence-corrected chi connectivity index (χ4v) is 3.21. The van der Waals surface area contributed by atoms with Gasteiger partial charge in [0.2, 0.25) is 5.95 Å². The van der Waals surface area contributed by atoms with E-state index in [4.69, 9.17) is 5.26 Å². The summed E-state index contributed by atoms with van der Waals surface area (Å²) in [6.45, 7) is 5.13. The number of benzene rings is 1. The smallest absolute Gasteiger partial charge is 0.225 e. The highest BCUT2D eigenvalue weighted by Gasteiger charge is 2.22. The molecule has 3 rings (SSSR count). The summed E-state index contributed by atoms with van der Waals surface area (Å²) in [7, 11) is 0. The number of nitrogens with zero attached hydrogens (tertiary/aromatic N) is 4. The zero-order chi connectivity index (χ0) is 16.8. The minimum Gasteiger partial charge on any atom is -0.341 e. The first-order chi connectivity index (χ1) is 11.8. The maximum absolute atomic E-state index is 9.03. The zero-order valence-corrected chi connectivity index (χ0v) is 14.0. The standard InChI is InChI=1S/C19H23N5/c1-15(18-7-2-5-16(11-18)12-20)23-13-17-6-3-10-24(14-17)19-21-8-4-9-22-19/h2,4-5,7-9,11,15,17,23H,3,6,10,13-14H2,1H3/t15-,17-/m0/s1. The molecule has 5 nitrogen and oxygen atoms in total. The lowest BCUT2D eigenvalue weighted by atomic mass is 9.97. The van der Waals surface area contributed by atoms with Crippen molar-refractivity contribution in [3.63, 3.8) is 0 Å². The average molecular weight is 321 g/mol. The van der Waals surface area contributed by atoms with Crippen LogP contribution in [0.15, 0.2) is 42.7 Å². The molecule has 0 spiro atoms. The Bertz CT molecular complexity index is 694. The van der Waals surface area contributed by atoms with Crippen LogP contribution in [0.25, 0.3) is 0 Å². The number of piperidine rings is 1. The normalized spacial score (nSPS) is 18.8. The van der Waals surface area contributed by atoms with E-state index in [0.717, 1.165) is 31.1 Å². The van der Waals surface area contributed by atoms with E-state index in [2.05, 4.69) is 39.2 Å². The van der Waals surface area contributed by atoms with Crippen LogP contribution in [-0.4, -0.2) is 29.6 Å². The Kier molecular flexibility index (Phi) is 5.39. The van der Waals surface area contributed by atoms with Gasteiger partial charge in [-0.15, -0.1) is 0 Å². The van der Waals surface area contributed by atoms with Gasteiger partial charge in [-0.25, -0.2) is 9.97 Å². The molecule has 1 N–H and O–H groups in total. The third-order valence-electron chi connectivity index (χ3n) is 4.58. The molecule has 5 heteroatoms. The van der Waals surface area contributed by atoms with Gasteiger partial charge in [-0.05, 0) is 49.4 Å². The molecule has 124 valence electrons. The van der Waals surface area contributed by atoms with E-state index in [1.165, 1.54) is 12.8 Å². The third-order valence-corrected chi connectivity index (χ3v) is 4.58. The van der Waals surface area contributed by atoms with Crippen molar-refractivity contribution in [2.45, 2.75) is 25.8 Å². The molecule has 1 aliphatic rings. The van der Waals surface area contributed by atoms with Gasteiger partial charge in [0.15, 0.2) is 0 Å². The number of anilines is 1. The molecule has 0 radical (unpaired) electrons. The predicted molar refractivity (Wildman–Crippen MR) is 94.5 cm³/mol. The van der Waals surface area contributed by atoms with Crippen LogP contribution in [0.4, 0.5) is 5.95 Å². The lowest BCUT2D eigenvalue weighted by Gasteiger charge is -2.33. The molecule has 24 heavy (non-hydrogen) atoms. The number of nitrogens with one attached hydrogen (secondary N) is 1. The highest BCUT2D eigenvalue weighted by molar-refractivity contribution is 5.34. The van der Waals surface area contributed by atoms with Crippen LogP contribution < -0.4 is 10.2 Å². The summed E-state index contributed by atoms with van der Waals surface area (Å²) < 4.78 is 0. The molecule has 1 saturated heterocycles. The molecule has 0 amide bonds. The van der Waals surface area contributed by atoms with Crippen LogP contribution in [0.3, 0.4) is 0 Å². The molecule has 0 saturated carbocycles. The van der Waals surface area contributed by atoms with E-state index in [0.29, 0.717) is 11.5 Å². The van der Waals surface area contributed by atoms with E-state index >= 15 is 0 Å². The summed E-state index contributed by atoms with van der Waals surface area (Å²) in [6.07, 6.45) is 5.99. The molecular weight excluding hydrogens is 298 g/mol. The summed E-state index contributed by atoms with van der Waals surface area (Å²) in [5.41, 5.74) is 1.87. The van der Waals surface area contributed by atoms with Crippen molar-refractivity contribution in [2.24, 2.45) is 5.92 Å². The number of hydrogen-bond acceptors (Lipinski definition) is 5. The molecule has 1 aliphatic heterocycles. The fourth-order valence-electron chi connectivity index (χ4n) is 3.21. The van der Waals surface area contributed by atoms with Gasteiger partial charge in [-0.2, -0.15) is 5.26 Å². The van der Waals surface area contributed by atoms with Crippen LogP contribution in [-0.2, 0) is 0 Å². The Morgan fingerprint density at radius 3 is 2.96 bits per heavy atom. The Hall–Kier alpha value is -2.45. The second-order valence-electron chi connectivity index (χ2n) is 6.37. The van der Waals surface area contributed by atoms with Crippen LogP contribution in [0.1, 0.15) is 36.9 Å². The fraction of sp³-hybridized carbons (Fsp3) is 0.421. The molecule has 2 heterocycles. The molecule has 1 aromatic heterocycles. The molecular formula is C19H23N5. The van der Waals surface area contributed by atoms with Crippen molar-refractivity contribution in [3.8, 4) is 6.07 Å². The lowest BCUT2D eigenvalue weighted by Crippen LogP contribution is -2.40. The first-order valence-electron chi connectivity index (χ1n) is 8.51. The Labute approximate surface area is 143 Å². The Morgan fingerprint density at radius 2 is 2.17 bits per heavy atom. The number of aromatic nitrogens is 2. The van der Waals surface area contributed by atoms with Crippen molar-refractivity contribution in [2.75, 3.05) is 24.5 Å². The molecule has 2 aromatic rings. The van der Waals surface area contributed by atoms with Crippen LogP contribution in [0.2, 0.25) is 0 Å². The van der Waals surface area contributed by atoms with Crippen molar-refractivity contribution < 1.29 is 0 Å². The van der Waals surface area contributed by atoms with Crippen molar-refractivity contribution in [1.82, 2.24) is 15.3 Å². The van der Waals surface area contributed by atoms with Gasteiger partial charge in [0.1, 0.15) is 0 Å². The van der Waals surface area contributed by atoms with Gasteiger partial charge in [0.05, 0.1) is 11.6 Å². The number of nitriles is 1. The van der Waals surface area contributed by atoms with Gasteiger partial charge in [0, 0.05) is 38.1 Å². The maximum atomic E-state index is 9.03. The summed E-state index contributed by atoms with van der Waals surface area (Å²) in [6, 6.07) is 12.1. The quantitative estimate of drug-likeness (QED) is 0.917. The first kappa shape index (κ1) is 16.4. The van der Waals surface area contributed by atoms with E-state index < -0.39 is 0 Å². The minimum atomic E-state index is 0.238. The lowest BCUT2D eigenvalue weighted by molar-refractivity contribution is 0.373. The summed E-state index contributed by atoms with van der Waals surface area (Å²) in [5, 5.41) is 12.6. The monoisotopic (exact) mass is 321 g/mol. The Balaban J connectivity index is 1.55. The van der Waals surface area contributed by atoms with Gasteiger partial charge in [0.25, 0.3) is 0 Å². The number of rotatable bonds is 5. The molecule has 0 bridgehead atoms. The molecule has 0 aliphatic carbocycles. The number of hydrogen-bond donors (Lipinski definition) is 1. The first-order valence-corrected chi connectivity index (χ1v) is 8.51. The van der Waals surface area contributed by atoms with Gasteiger partial charge < -0.3 is 10.2 Å². The molecule has 2 atom stereocenters. The maximum Gasteiger partial charge on any atom is 0.225 e. The highest BCUT2D eigenvalue weighted by Crippen LogP contribution is 2.21. The van der Waals surface area contributed by atoms with E-state index in [-0.39, 0.29) is 6.04 Å². The Morgan fingerprint density at radius 1 is 1.33 bits per heavy atom. The largest absolute Gasteiger partial charge is 0.341 e. The molecule has 1 fully saturated rings. The molecule has 0 unspecified atom stereocenters. The van der Waals surface area contributed by atoms with Crippen LogP contribution in [0.5, 0.6) is 0 Å². The van der Waals surface area contributed by atoms with E-state index in [1.807, 2.05) is 24.3 Å². The second kappa shape index (κ2) is 7.89. The topological polar surface area (TPSA) is 64.8 Å². The third kappa shape index (κ3) is 4.09. The average Bonchev–Trinajstić information content (AvgIpc) is 2.67. The zero-order valence-electron chi connectivity index (χ0n) is 14.0. The van der Waals surface area contributed by atoms with E-state index in [1.54, 1.807) is 12.4 Å². The van der Waals surface area contributed by atoms with Crippen molar-refractivity contribution >= 4 is 5.95 Å². The molecule has 1 aromatic carbocycles. The summed E-state index contributed by atoms with van der Waals surface area (Å²) >= 11 is 0. The summed E-state index contributed by atoms with van der Waals surface area (Å²) in [4.78, 5) is 11.0. The predicted octanol–water partition coefficient (Wildman–Crippen LogP) is 2.92. The van der Waals surface area contributed by atoms with Crippen molar-refractivity contribution in [1.29, 1.82) is 5.26 Å². The SMILES string of the molecule is C[C@H](NC[C@@H]1CCCN(c2ncccn2)C1)c1cccc(C#N)c1.